The summed E-state index contributed by atoms with van der Waals surface area (Å²) >= 11 is 0. The number of aryl methyl sites for hydroxylation is 1. The standard InChI is InChI=1S/C14H19NO/c1-2-3-4-11-5-6-13-12(7-8-16)10-15-14(13)9-11/h5-6,9-10,15-16H,2-4,7-8H2,1H3. The summed E-state index contributed by atoms with van der Waals surface area (Å²) < 4.78 is 0. The van der Waals surface area contributed by atoms with Crippen molar-refractivity contribution in [2.45, 2.75) is 32.6 Å². The van der Waals surface area contributed by atoms with Crippen LogP contribution in [0.15, 0.2) is 24.4 Å². The summed E-state index contributed by atoms with van der Waals surface area (Å²) in [6, 6.07) is 6.60. The van der Waals surface area contributed by atoms with E-state index in [1.54, 1.807) is 0 Å². The Morgan fingerprint density at radius 3 is 2.88 bits per heavy atom. The molecule has 0 saturated heterocycles. The summed E-state index contributed by atoms with van der Waals surface area (Å²) in [4.78, 5) is 3.28. The van der Waals surface area contributed by atoms with Gasteiger partial charge < -0.3 is 10.1 Å². The highest BCUT2D eigenvalue weighted by atomic mass is 16.2. The number of aliphatic hydroxyl groups is 1. The first-order chi connectivity index (χ1) is 7.85. The third-order valence-corrected chi connectivity index (χ3v) is 3.03. The van der Waals surface area contributed by atoms with E-state index in [0.717, 1.165) is 12.8 Å². The van der Waals surface area contributed by atoms with Gasteiger partial charge in [-0.2, -0.15) is 0 Å². The van der Waals surface area contributed by atoms with Crippen LogP contribution in [0.3, 0.4) is 0 Å². The number of rotatable bonds is 5. The Morgan fingerprint density at radius 1 is 1.25 bits per heavy atom. The Kier molecular flexibility index (Phi) is 3.62. The number of aliphatic hydroxyl groups excluding tert-OH is 1. The molecular weight excluding hydrogens is 198 g/mol. The van der Waals surface area contributed by atoms with Crippen molar-refractivity contribution in [1.82, 2.24) is 4.98 Å². The lowest BCUT2D eigenvalue weighted by atomic mass is 10.0. The van der Waals surface area contributed by atoms with Gasteiger partial charge in [0.25, 0.3) is 0 Å². The van der Waals surface area contributed by atoms with Crippen LogP contribution in [-0.4, -0.2) is 16.7 Å². The first kappa shape index (κ1) is 11.2. The molecule has 0 atom stereocenters. The molecule has 1 aromatic carbocycles. The second kappa shape index (κ2) is 5.17. The molecule has 0 aliphatic heterocycles. The quantitative estimate of drug-likeness (QED) is 0.793. The molecule has 0 saturated carbocycles. The van der Waals surface area contributed by atoms with Gasteiger partial charge in [0.1, 0.15) is 0 Å². The van der Waals surface area contributed by atoms with Gasteiger partial charge in [0.2, 0.25) is 0 Å². The Bertz CT molecular complexity index is 459. The van der Waals surface area contributed by atoms with Crippen LogP contribution in [-0.2, 0) is 12.8 Å². The lowest BCUT2D eigenvalue weighted by Crippen LogP contribution is -1.88. The molecule has 1 heterocycles. The molecule has 0 bridgehead atoms. The smallest absolute Gasteiger partial charge is 0.0472 e. The minimum absolute atomic E-state index is 0.213. The molecule has 2 heteroatoms. The molecule has 0 radical (unpaired) electrons. The second-order valence-corrected chi connectivity index (χ2v) is 4.27. The molecule has 0 aliphatic rings. The van der Waals surface area contributed by atoms with Gasteiger partial charge in [-0.25, -0.2) is 0 Å². The number of hydrogen-bond acceptors (Lipinski definition) is 1. The van der Waals surface area contributed by atoms with Crippen LogP contribution in [0.1, 0.15) is 30.9 Å². The summed E-state index contributed by atoms with van der Waals surface area (Å²) in [5.41, 5.74) is 3.79. The fourth-order valence-corrected chi connectivity index (χ4v) is 2.10. The zero-order chi connectivity index (χ0) is 11.4. The number of nitrogens with one attached hydrogen (secondary N) is 1. The fourth-order valence-electron chi connectivity index (χ4n) is 2.10. The SMILES string of the molecule is CCCCc1ccc2c(CCO)c[nH]c2c1. The van der Waals surface area contributed by atoms with E-state index >= 15 is 0 Å². The van der Waals surface area contributed by atoms with Crippen molar-refractivity contribution >= 4 is 10.9 Å². The first-order valence-corrected chi connectivity index (χ1v) is 6.05. The summed E-state index contributed by atoms with van der Waals surface area (Å²) in [7, 11) is 0. The van der Waals surface area contributed by atoms with Crippen LogP contribution in [0.2, 0.25) is 0 Å². The van der Waals surface area contributed by atoms with Crippen molar-refractivity contribution in [1.29, 1.82) is 0 Å². The zero-order valence-electron chi connectivity index (χ0n) is 9.79. The maximum absolute atomic E-state index is 8.95. The van der Waals surface area contributed by atoms with E-state index in [-0.39, 0.29) is 6.61 Å². The Morgan fingerprint density at radius 2 is 2.12 bits per heavy atom. The third kappa shape index (κ3) is 2.27. The molecule has 1 aromatic heterocycles. The maximum Gasteiger partial charge on any atom is 0.0472 e. The molecule has 0 aliphatic carbocycles. The number of unbranched alkanes of at least 4 members (excludes halogenated alkanes) is 1. The molecule has 2 aromatic rings. The first-order valence-electron chi connectivity index (χ1n) is 6.05. The number of hydrogen-bond donors (Lipinski definition) is 2. The fraction of sp³-hybridized carbons (Fsp3) is 0.429. The van der Waals surface area contributed by atoms with E-state index in [1.807, 2.05) is 6.20 Å². The number of aromatic amines is 1. The van der Waals surface area contributed by atoms with Crippen LogP contribution in [0.4, 0.5) is 0 Å². The molecule has 0 fully saturated rings. The summed E-state index contributed by atoms with van der Waals surface area (Å²) in [6.45, 7) is 2.43. The predicted molar refractivity (Wildman–Crippen MR) is 67.7 cm³/mol. The molecular formula is C14H19NO. The number of benzene rings is 1. The van der Waals surface area contributed by atoms with Gasteiger partial charge in [0.15, 0.2) is 0 Å². The summed E-state index contributed by atoms with van der Waals surface area (Å²) in [5, 5.41) is 10.2. The highest BCUT2D eigenvalue weighted by Crippen LogP contribution is 2.20. The van der Waals surface area contributed by atoms with Crippen LogP contribution in [0, 0.1) is 0 Å². The normalized spacial score (nSPS) is 11.1. The number of fused-ring (bicyclic) bond motifs is 1. The van der Waals surface area contributed by atoms with Crippen LogP contribution in [0.25, 0.3) is 10.9 Å². The third-order valence-electron chi connectivity index (χ3n) is 3.03. The molecule has 0 amide bonds. The van der Waals surface area contributed by atoms with Crippen molar-refractivity contribution in [2.24, 2.45) is 0 Å². The number of H-pyrrole nitrogens is 1. The van der Waals surface area contributed by atoms with Crippen LogP contribution >= 0.6 is 0 Å². The largest absolute Gasteiger partial charge is 0.396 e. The van der Waals surface area contributed by atoms with E-state index in [1.165, 1.54) is 34.9 Å². The molecule has 2 rings (SSSR count). The number of aromatic nitrogens is 1. The Labute approximate surface area is 96.3 Å². The second-order valence-electron chi connectivity index (χ2n) is 4.27. The molecule has 2 nitrogen and oxygen atoms in total. The van der Waals surface area contributed by atoms with E-state index in [9.17, 15) is 0 Å². The van der Waals surface area contributed by atoms with E-state index in [2.05, 4.69) is 30.1 Å². The molecule has 0 spiro atoms. The van der Waals surface area contributed by atoms with Gasteiger partial charge in [-0.1, -0.05) is 25.5 Å². The highest BCUT2D eigenvalue weighted by Gasteiger charge is 2.03. The van der Waals surface area contributed by atoms with Gasteiger partial charge >= 0.3 is 0 Å². The van der Waals surface area contributed by atoms with Crippen molar-refractivity contribution in [2.75, 3.05) is 6.61 Å². The van der Waals surface area contributed by atoms with Crippen LogP contribution in [0.5, 0.6) is 0 Å². The minimum atomic E-state index is 0.213. The van der Waals surface area contributed by atoms with Gasteiger partial charge in [-0.05, 0) is 36.5 Å². The molecule has 0 unspecified atom stereocenters. The van der Waals surface area contributed by atoms with Crippen molar-refractivity contribution < 1.29 is 5.11 Å². The summed E-state index contributed by atoms with van der Waals surface area (Å²) in [6.07, 6.45) is 6.37. The average molecular weight is 217 g/mol. The summed E-state index contributed by atoms with van der Waals surface area (Å²) in [5.74, 6) is 0. The molecule has 2 N–H and O–H groups in total. The maximum atomic E-state index is 8.95. The average Bonchev–Trinajstić information content (AvgIpc) is 2.70. The van der Waals surface area contributed by atoms with E-state index in [0.29, 0.717) is 0 Å². The van der Waals surface area contributed by atoms with Gasteiger partial charge in [-0.15, -0.1) is 0 Å². The predicted octanol–water partition coefficient (Wildman–Crippen LogP) is 3.05. The van der Waals surface area contributed by atoms with Crippen LogP contribution < -0.4 is 0 Å². The minimum Gasteiger partial charge on any atom is -0.396 e. The monoisotopic (exact) mass is 217 g/mol. The Hall–Kier alpha value is -1.28. The lowest BCUT2D eigenvalue weighted by Gasteiger charge is -2.01. The Balaban J connectivity index is 2.26. The van der Waals surface area contributed by atoms with Crippen molar-refractivity contribution in [3.05, 3.63) is 35.5 Å². The van der Waals surface area contributed by atoms with E-state index in [4.69, 9.17) is 5.11 Å². The van der Waals surface area contributed by atoms with Crippen molar-refractivity contribution in [3.8, 4) is 0 Å². The zero-order valence-corrected chi connectivity index (χ0v) is 9.79. The lowest BCUT2D eigenvalue weighted by molar-refractivity contribution is 0.300. The highest BCUT2D eigenvalue weighted by molar-refractivity contribution is 5.83. The van der Waals surface area contributed by atoms with Gasteiger partial charge in [0.05, 0.1) is 0 Å². The van der Waals surface area contributed by atoms with Crippen molar-refractivity contribution in [3.63, 3.8) is 0 Å². The van der Waals surface area contributed by atoms with E-state index < -0.39 is 0 Å². The van der Waals surface area contributed by atoms with Gasteiger partial charge in [0, 0.05) is 23.7 Å². The topological polar surface area (TPSA) is 36.0 Å². The molecule has 16 heavy (non-hydrogen) atoms. The van der Waals surface area contributed by atoms with Gasteiger partial charge in [-0.3, -0.25) is 0 Å². The molecule has 86 valence electrons.